The molecule has 17 heavy (non-hydrogen) atoms. The molecule has 0 unspecified atom stereocenters. The van der Waals surface area contributed by atoms with Gasteiger partial charge in [0.25, 0.3) is 0 Å². The van der Waals surface area contributed by atoms with Crippen molar-refractivity contribution in [2.75, 3.05) is 0 Å². The molecule has 0 atom stereocenters. The molecule has 0 fully saturated rings. The van der Waals surface area contributed by atoms with Crippen molar-refractivity contribution in [1.29, 1.82) is 0 Å². The summed E-state index contributed by atoms with van der Waals surface area (Å²) in [6.45, 7) is 7.45. The van der Waals surface area contributed by atoms with Crippen LogP contribution in [0.4, 0.5) is 0 Å². The first kappa shape index (κ1) is 12.5. The second-order valence-corrected chi connectivity index (χ2v) is 5.79. The van der Waals surface area contributed by atoms with E-state index in [1.165, 1.54) is 10.4 Å². The number of hydrogen-bond acceptors (Lipinski definition) is 3. The Morgan fingerprint density at radius 2 is 2.29 bits per heavy atom. The Morgan fingerprint density at radius 1 is 1.53 bits per heavy atom. The second-order valence-electron chi connectivity index (χ2n) is 4.49. The summed E-state index contributed by atoms with van der Waals surface area (Å²) < 4.78 is 2.81. The van der Waals surface area contributed by atoms with Crippen molar-refractivity contribution in [2.24, 2.45) is 5.92 Å². The predicted octanol–water partition coefficient (Wildman–Crippen LogP) is 3.89. The van der Waals surface area contributed by atoms with Gasteiger partial charge in [0.2, 0.25) is 0 Å². The molecule has 1 N–H and O–H groups in total. The van der Waals surface area contributed by atoms with E-state index in [0.29, 0.717) is 10.7 Å². The molecular weight excluding hydrogens is 250 g/mol. The molecule has 0 aliphatic rings. The van der Waals surface area contributed by atoms with Crippen LogP contribution in [-0.2, 0) is 13.0 Å². The van der Waals surface area contributed by atoms with E-state index in [0.717, 1.165) is 18.8 Å². The lowest BCUT2D eigenvalue weighted by atomic mass is 10.2. The molecule has 0 spiro atoms. The van der Waals surface area contributed by atoms with Crippen LogP contribution in [0.15, 0.2) is 11.4 Å². The van der Waals surface area contributed by atoms with E-state index in [1.54, 1.807) is 11.3 Å². The molecule has 5 heteroatoms. The minimum Gasteiger partial charge on any atom is -0.299 e. The number of H-pyrrole nitrogens is 1. The summed E-state index contributed by atoms with van der Waals surface area (Å²) in [5.74, 6) is 1.54. The Labute approximate surface area is 111 Å². The van der Waals surface area contributed by atoms with Crippen molar-refractivity contribution < 1.29 is 0 Å². The standard InChI is InChI=1S/C12H17N3S2/c1-4-9-5-6-17-10(9)11-13-14-12(16)15(11)7-8(2)3/h5-6,8H,4,7H2,1-3H3,(H,14,16). The number of aromatic amines is 1. The third kappa shape index (κ3) is 2.50. The number of aryl methyl sites for hydroxylation is 1. The maximum absolute atomic E-state index is 5.29. The molecule has 2 heterocycles. The highest BCUT2D eigenvalue weighted by Crippen LogP contribution is 2.28. The summed E-state index contributed by atoms with van der Waals surface area (Å²) >= 11 is 7.03. The lowest BCUT2D eigenvalue weighted by Crippen LogP contribution is -2.06. The second kappa shape index (κ2) is 5.14. The molecule has 2 aromatic heterocycles. The SMILES string of the molecule is CCc1ccsc1-c1n[nH]c(=S)n1CC(C)C. The van der Waals surface area contributed by atoms with E-state index in [4.69, 9.17) is 12.2 Å². The average Bonchev–Trinajstić information content (AvgIpc) is 2.86. The van der Waals surface area contributed by atoms with Gasteiger partial charge in [0.15, 0.2) is 10.6 Å². The summed E-state index contributed by atoms with van der Waals surface area (Å²) in [6, 6.07) is 2.16. The number of thiophene rings is 1. The number of aromatic nitrogens is 3. The molecule has 2 rings (SSSR count). The molecular formula is C12H17N3S2. The minimum atomic E-state index is 0.558. The molecule has 0 bridgehead atoms. The van der Waals surface area contributed by atoms with Crippen molar-refractivity contribution in [1.82, 2.24) is 14.8 Å². The molecule has 3 nitrogen and oxygen atoms in total. The van der Waals surface area contributed by atoms with Crippen LogP contribution in [0.1, 0.15) is 26.3 Å². The largest absolute Gasteiger partial charge is 0.299 e. The Kier molecular flexibility index (Phi) is 3.79. The summed E-state index contributed by atoms with van der Waals surface area (Å²) in [7, 11) is 0. The van der Waals surface area contributed by atoms with Gasteiger partial charge in [-0.3, -0.25) is 9.67 Å². The normalized spacial score (nSPS) is 11.3. The third-order valence-corrected chi connectivity index (χ3v) is 3.90. The Morgan fingerprint density at radius 3 is 2.94 bits per heavy atom. The first-order valence-electron chi connectivity index (χ1n) is 5.85. The molecule has 2 aromatic rings. The average molecular weight is 267 g/mol. The monoisotopic (exact) mass is 267 g/mol. The fourth-order valence-electron chi connectivity index (χ4n) is 1.84. The fraction of sp³-hybridized carbons (Fsp3) is 0.500. The quantitative estimate of drug-likeness (QED) is 0.853. The third-order valence-electron chi connectivity index (χ3n) is 2.64. The molecule has 0 saturated carbocycles. The van der Waals surface area contributed by atoms with E-state index in [9.17, 15) is 0 Å². The van der Waals surface area contributed by atoms with Gasteiger partial charge >= 0.3 is 0 Å². The van der Waals surface area contributed by atoms with Gasteiger partial charge in [0.1, 0.15) is 0 Å². The van der Waals surface area contributed by atoms with Crippen LogP contribution in [0.25, 0.3) is 10.7 Å². The van der Waals surface area contributed by atoms with Gasteiger partial charge < -0.3 is 0 Å². The van der Waals surface area contributed by atoms with E-state index in [1.807, 2.05) is 0 Å². The van der Waals surface area contributed by atoms with Gasteiger partial charge in [-0.05, 0) is 41.6 Å². The zero-order valence-corrected chi connectivity index (χ0v) is 12.0. The van der Waals surface area contributed by atoms with E-state index in [2.05, 4.69) is 47.0 Å². The Balaban J connectivity index is 2.49. The topological polar surface area (TPSA) is 33.6 Å². The summed E-state index contributed by atoms with van der Waals surface area (Å²) in [6.07, 6.45) is 1.03. The molecule has 0 aliphatic heterocycles. The molecule has 92 valence electrons. The van der Waals surface area contributed by atoms with Gasteiger partial charge in [-0.25, -0.2) is 0 Å². The molecule has 0 saturated heterocycles. The van der Waals surface area contributed by atoms with Crippen LogP contribution in [-0.4, -0.2) is 14.8 Å². The van der Waals surface area contributed by atoms with Crippen LogP contribution in [0.5, 0.6) is 0 Å². The van der Waals surface area contributed by atoms with E-state index < -0.39 is 0 Å². The number of nitrogens with one attached hydrogen (secondary N) is 1. The van der Waals surface area contributed by atoms with Crippen molar-refractivity contribution in [3.63, 3.8) is 0 Å². The fourth-order valence-corrected chi connectivity index (χ4v) is 3.04. The molecule has 0 amide bonds. The molecule has 0 radical (unpaired) electrons. The van der Waals surface area contributed by atoms with E-state index in [-0.39, 0.29) is 0 Å². The van der Waals surface area contributed by atoms with Crippen molar-refractivity contribution in [2.45, 2.75) is 33.7 Å². The van der Waals surface area contributed by atoms with Gasteiger partial charge in [0.05, 0.1) is 4.88 Å². The Bertz CT molecular complexity index is 548. The van der Waals surface area contributed by atoms with Gasteiger partial charge in [-0.1, -0.05) is 20.8 Å². The van der Waals surface area contributed by atoms with Crippen LogP contribution in [0, 0.1) is 10.7 Å². The highest BCUT2D eigenvalue weighted by atomic mass is 32.1. The van der Waals surface area contributed by atoms with Gasteiger partial charge in [0, 0.05) is 6.54 Å². The van der Waals surface area contributed by atoms with Crippen molar-refractivity contribution >= 4 is 23.6 Å². The lowest BCUT2D eigenvalue weighted by Gasteiger charge is -2.09. The zero-order valence-electron chi connectivity index (χ0n) is 10.4. The minimum absolute atomic E-state index is 0.558. The van der Waals surface area contributed by atoms with Gasteiger partial charge in [-0.15, -0.1) is 11.3 Å². The summed E-state index contributed by atoms with van der Waals surface area (Å²) in [4.78, 5) is 1.24. The van der Waals surface area contributed by atoms with Crippen molar-refractivity contribution in [3.8, 4) is 10.7 Å². The molecule has 0 aromatic carbocycles. The summed E-state index contributed by atoms with van der Waals surface area (Å²) in [5, 5.41) is 9.40. The van der Waals surface area contributed by atoms with Crippen LogP contribution in [0.3, 0.4) is 0 Å². The predicted molar refractivity (Wildman–Crippen MR) is 74.9 cm³/mol. The first-order valence-corrected chi connectivity index (χ1v) is 7.14. The zero-order chi connectivity index (χ0) is 12.4. The maximum Gasteiger partial charge on any atom is 0.195 e. The summed E-state index contributed by atoms with van der Waals surface area (Å²) in [5.41, 5.74) is 1.34. The lowest BCUT2D eigenvalue weighted by molar-refractivity contribution is 0.521. The van der Waals surface area contributed by atoms with Crippen LogP contribution >= 0.6 is 23.6 Å². The van der Waals surface area contributed by atoms with Crippen LogP contribution < -0.4 is 0 Å². The first-order chi connectivity index (χ1) is 8.13. The van der Waals surface area contributed by atoms with E-state index >= 15 is 0 Å². The highest BCUT2D eigenvalue weighted by molar-refractivity contribution is 7.71. The number of nitrogens with zero attached hydrogens (tertiary/aromatic N) is 2. The number of hydrogen-bond donors (Lipinski definition) is 1. The van der Waals surface area contributed by atoms with Gasteiger partial charge in [-0.2, -0.15) is 5.10 Å². The Hall–Kier alpha value is -0.940. The smallest absolute Gasteiger partial charge is 0.195 e. The highest BCUT2D eigenvalue weighted by Gasteiger charge is 2.14. The molecule has 0 aliphatic carbocycles. The number of rotatable bonds is 4. The van der Waals surface area contributed by atoms with Crippen LogP contribution in [0.2, 0.25) is 0 Å². The maximum atomic E-state index is 5.29. The van der Waals surface area contributed by atoms with Crippen molar-refractivity contribution in [3.05, 3.63) is 21.8 Å².